The number of phenolic OH excluding ortho intramolecular Hbond substituents is 1. The number of amides is 2. The number of fused-ring (bicyclic) bond motifs is 3. The molecule has 0 bridgehead atoms. The highest BCUT2D eigenvalue weighted by molar-refractivity contribution is 6.24. The van der Waals surface area contributed by atoms with Crippen LogP contribution < -0.4 is 5.73 Å². The summed E-state index contributed by atoms with van der Waals surface area (Å²) in [6, 6.07) is 1.13. The third-order valence-electron chi connectivity index (χ3n) is 8.83. The Balaban J connectivity index is 1.71. The van der Waals surface area contributed by atoms with Gasteiger partial charge in [-0.2, -0.15) is 0 Å². The molecule has 0 radical (unpaired) electrons. The van der Waals surface area contributed by atoms with Crippen molar-refractivity contribution in [3.8, 4) is 5.75 Å². The first-order valence-electron chi connectivity index (χ1n) is 15.0. The number of rotatable bonds is 9. The first kappa shape index (κ1) is 35.8. The fourth-order valence-electron chi connectivity index (χ4n) is 6.56. The number of esters is 1. The van der Waals surface area contributed by atoms with Gasteiger partial charge in [-0.25, -0.2) is 4.79 Å². The third-order valence-corrected chi connectivity index (χ3v) is 8.83. The molecule has 4 atom stereocenters. The van der Waals surface area contributed by atoms with Crippen LogP contribution in [-0.2, 0) is 35.1 Å². The van der Waals surface area contributed by atoms with Crippen LogP contribution in [-0.4, -0.2) is 111 Å². The van der Waals surface area contributed by atoms with Gasteiger partial charge in [0, 0.05) is 23.6 Å². The summed E-state index contributed by atoms with van der Waals surface area (Å²) < 4.78 is 9.99. The molecule has 0 heterocycles. The van der Waals surface area contributed by atoms with Crippen molar-refractivity contribution >= 4 is 41.1 Å². The first-order valence-corrected chi connectivity index (χ1v) is 15.0. The van der Waals surface area contributed by atoms with Gasteiger partial charge in [0.1, 0.15) is 22.8 Å². The molecule has 2 amide bonds. The molecule has 3 aliphatic carbocycles. The van der Waals surface area contributed by atoms with Gasteiger partial charge in [-0.3, -0.25) is 33.8 Å². The van der Waals surface area contributed by atoms with Gasteiger partial charge in [-0.05, 0) is 71.3 Å². The number of nitrogens with zero attached hydrogens (tertiary/aromatic N) is 2. The number of benzene rings is 1. The van der Waals surface area contributed by atoms with E-state index in [1.807, 2.05) is 0 Å². The minimum Gasteiger partial charge on any atom is -0.508 e. The van der Waals surface area contributed by atoms with Crippen LogP contribution in [0.15, 0.2) is 41.7 Å². The van der Waals surface area contributed by atoms with Crippen LogP contribution in [0.1, 0.15) is 48.7 Å². The zero-order valence-electron chi connectivity index (χ0n) is 27.2. The maximum atomic E-state index is 14.0. The maximum absolute atomic E-state index is 14.0. The van der Waals surface area contributed by atoms with Gasteiger partial charge in [0.05, 0.1) is 23.6 Å². The number of carbonyl (C=O) groups is 6. The largest absolute Gasteiger partial charge is 0.508 e. The van der Waals surface area contributed by atoms with Crippen LogP contribution in [0.3, 0.4) is 0 Å². The van der Waals surface area contributed by atoms with Crippen molar-refractivity contribution in [2.75, 3.05) is 34.0 Å². The van der Waals surface area contributed by atoms with E-state index in [1.54, 1.807) is 20.8 Å². The minimum absolute atomic E-state index is 0.00894. The van der Waals surface area contributed by atoms with E-state index in [9.17, 15) is 49.2 Å². The summed E-state index contributed by atoms with van der Waals surface area (Å²) in [6.07, 6.45) is 0.0629. The first-order chi connectivity index (χ1) is 22.3. The van der Waals surface area contributed by atoms with E-state index >= 15 is 0 Å². The Hall–Kier alpha value is -5.02. The van der Waals surface area contributed by atoms with Crippen molar-refractivity contribution in [2.45, 2.75) is 45.3 Å². The molecular weight excluding hydrogens is 630 g/mol. The average Bonchev–Trinajstić information content (AvgIpc) is 2.97. The van der Waals surface area contributed by atoms with Crippen molar-refractivity contribution in [1.29, 1.82) is 0 Å². The summed E-state index contributed by atoms with van der Waals surface area (Å²) in [5.74, 6) is -9.36. The van der Waals surface area contributed by atoms with E-state index in [4.69, 9.17) is 15.2 Å². The number of Topliss-reactive ketones (excluding diaryl/α,β-unsaturated/α-hetero) is 3. The zero-order valence-corrected chi connectivity index (χ0v) is 27.2. The SMILES string of the molecule is C=CCN(CC(=O)c1ccc(O)c2c1C[C@H]1C[C@H]3[C@H](N(C)C)C(=O)C(C(N)=O)=C(O)[C@@]3(O)C(=O)C1=C2O)C(=O)OCOC(=O)C(C)(C)C. The number of nitrogens with two attached hydrogens (primary N) is 1. The molecule has 0 unspecified atom stereocenters. The van der Waals surface area contributed by atoms with Crippen LogP contribution in [0.4, 0.5) is 4.79 Å². The van der Waals surface area contributed by atoms with Gasteiger partial charge in [-0.1, -0.05) is 6.08 Å². The quantitative estimate of drug-likeness (QED) is 0.0821. The van der Waals surface area contributed by atoms with Gasteiger partial charge in [0.2, 0.25) is 12.6 Å². The Morgan fingerprint density at radius 2 is 1.75 bits per heavy atom. The number of hydrogen-bond acceptors (Lipinski definition) is 13. The average molecular weight is 670 g/mol. The summed E-state index contributed by atoms with van der Waals surface area (Å²) >= 11 is 0. The molecule has 1 aromatic carbocycles. The molecule has 48 heavy (non-hydrogen) atoms. The van der Waals surface area contributed by atoms with E-state index in [0.29, 0.717) is 0 Å². The predicted molar refractivity (Wildman–Crippen MR) is 167 cm³/mol. The summed E-state index contributed by atoms with van der Waals surface area (Å²) in [5.41, 5.74) is 0.251. The monoisotopic (exact) mass is 669 g/mol. The highest BCUT2D eigenvalue weighted by Crippen LogP contribution is 2.53. The van der Waals surface area contributed by atoms with Crippen LogP contribution in [0.2, 0.25) is 0 Å². The number of hydrogen-bond donors (Lipinski definition) is 5. The lowest BCUT2D eigenvalue weighted by Gasteiger charge is -2.50. The van der Waals surface area contributed by atoms with Gasteiger partial charge < -0.3 is 35.6 Å². The van der Waals surface area contributed by atoms with Crippen LogP contribution in [0, 0.1) is 17.3 Å². The molecule has 1 saturated carbocycles. The van der Waals surface area contributed by atoms with Crippen LogP contribution in [0.5, 0.6) is 5.75 Å². The number of aliphatic hydroxyl groups excluding tert-OH is 2. The van der Waals surface area contributed by atoms with E-state index in [1.165, 1.54) is 31.1 Å². The van der Waals surface area contributed by atoms with Crippen molar-refractivity contribution in [1.82, 2.24) is 9.80 Å². The Morgan fingerprint density at radius 3 is 2.31 bits per heavy atom. The molecule has 15 heteroatoms. The Kier molecular flexibility index (Phi) is 9.61. The van der Waals surface area contributed by atoms with Crippen molar-refractivity contribution in [2.24, 2.45) is 23.0 Å². The fraction of sp³-hybridized carbons (Fsp3) is 0.455. The minimum atomic E-state index is -2.81. The number of aliphatic hydroxyl groups is 3. The highest BCUT2D eigenvalue weighted by atomic mass is 16.7. The van der Waals surface area contributed by atoms with Gasteiger partial charge in [0.15, 0.2) is 17.2 Å². The topological polar surface area (TPSA) is 234 Å². The molecule has 1 aromatic rings. The van der Waals surface area contributed by atoms with Gasteiger partial charge in [-0.15, -0.1) is 6.58 Å². The van der Waals surface area contributed by atoms with E-state index < -0.39 is 100 Å². The van der Waals surface area contributed by atoms with Crippen LogP contribution >= 0.6 is 0 Å². The molecular formula is C33H39N3O12. The lowest BCUT2D eigenvalue weighted by molar-refractivity contribution is -0.162. The third kappa shape index (κ3) is 5.94. The molecule has 15 nitrogen and oxygen atoms in total. The Bertz CT molecular complexity index is 1680. The normalized spacial score (nSPS) is 23.6. The predicted octanol–water partition coefficient (Wildman–Crippen LogP) is 1.32. The lowest BCUT2D eigenvalue weighted by Crippen LogP contribution is -2.65. The summed E-state index contributed by atoms with van der Waals surface area (Å²) in [6.45, 7) is 7.06. The maximum Gasteiger partial charge on any atom is 0.413 e. The highest BCUT2D eigenvalue weighted by Gasteiger charge is 2.64. The number of primary amides is 1. The lowest BCUT2D eigenvalue weighted by atomic mass is 9.57. The second-order valence-electron chi connectivity index (χ2n) is 13.2. The molecule has 4 rings (SSSR count). The molecule has 1 fully saturated rings. The van der Waals surface area contributed by atoms with Crippen LogP contribution in [0.25, 0.3) is 5.76 Å². The standard InChI is InChI=1S/C33H39N3O12/c1-7-10-36(31(45)48-14-47-30(44)32(2,3)4)13-20(38)16-8-9-19(37)22-17(16)11-15-12-18-24(35(5)6)26(40)23(29(34)43)28(42)33(18,46)27(41)21(15)25(22)39/h7-9,15,18,24,37,39,42,46H,1,10-14H2,2-6H3,(H2,34,43)/t15-,18-,24-,33-/m0/s1. The van der Waals surface area contributed by atoms with E-state index in [-0.39, 0.29) is 41.6 Å². The van der Waals surface area contributed by atoms with Crippen molar-refractivity contribution in [3.63, 3.8) is 0 Å². The molecule has 6 N–H and O–H groups in total. The zero-order chi connectivity index (χ0) is 36.0. The number of carbonyl (C=O) groups excluding carboxylic acids is 6. The van der Waals surface area contributed by atoms with Crippen molar-refractivity contribution < 1.29 is 58.7 Å². The molecule has 0 aliphatic heterocycles. The summed E-state index contributed by atoms with van der Waals surface area (Å²) in [5, 5.41) is 44.9. The van der Waals surface area contributed by atoms with E-state index in [0.717, 1.165) is 11.0 Å². The van der Waals surface area contributed by atoms with E-state index in [2.05, 4.69) is 6.58 Å². The molecule has 0 spiro atoms. The smallest absolute Gasteiger partial charge is 0.413 e. The molecule has 3 aliphatic rings. The fourth-order valence-corrected chi connectivity index (χ4v) is 6.56. The molecule has 258 valence electrons. The second-order valence-corrected chi connectivity index (χ2v) is 13.2. The summed E-state index contributed by atoms with van der Waals surface area (Å²) in [4.78, 5) is 80.3. The number of ketones is 3. The molecule has 0 aromatic heterocycles. The van der Waals surface area contributed by atoms with Gasteiger partial charge in [0.25, 0.3) is 5.91 Å². The number of likely N-dealkylation sites (N-methyl/N-ethyl adjacent to an activating group) is 1. The summed E-state index contributed by atoms with van der Waals surface area (Å²) in [7, 11) is 2.97. The van der Waals surface area contributed by atoms with Crippen molar-refractivity contribution in [3.05, 3.63) is 58.4 Å². The van der Waals surface area contributed by atoms with Gasteiger partial charge >= 0.3 is 12.1 Å². The second kappa shape index (κ2) is 12.9. The number of phenols is 1. The number of ether oxygens (including phenoxy) is 2. The Morgan fingerprint density at radius 1 is 1.10 bits per heavy atom. The molecule has 0 saturated heterocycles. The number of aromatic hydroxyl groups is 1. The Labute approximate surface area is 275 Å².